The first-order chi connectivity index (χ1) is 10.7. The Hall–Kier alpha value is -2.30. The summed E-state index contributed by atoms with van der Waals surface area (Å²) in [6.45, 7) is 0. The first-order valence-corrected chi connectivity index (χ1v) is 7.63. The van der Waals surface area contributed by atoms with Gasteiger partial charge in [0.15, 0.2) is 0 Å². The third-order valence-electron chi connectivity index (χ3n) is 4.51. The number of benzene rings is 1. The minimum Gasteiger partial charge on any atom is -0.464 e. The Bertz CT molecular complexity index is 604. The van der Waals surface area contributed by atoms with Crippen LogP contribution in [-0.2, 0) is 14.3 Å². The maximum absolute atomic E-state index is 12.8. The Morgan fingerprint density at radius 1 is 1.18 bits per heavy atom. The zero-order valence-electron chi connectivity index (χ0n) is 12.7. The normalized spacial score (nSPS) is 20.3. The van der Waals surface area contributed by atoms with Gasteiger partial charge < -0.3 is 15.0 Å². The highest BCUT2D eigenvalue weighted by Gasteiger charge is 2.47. The van der Waals surface area contributed by atoms with E-state index in [2.05, 4.69) is 5.32 Å². The van der Waals surface area contributed by atoms with Crippen LogP contribution in [0.1, 0.15) is 32.1 Å². The molecule has 0 saturated heterocycles. The molecule has 1 saturated carbocycles. The molecule has 116 valence electrons. The Labute approximate surface area is 129 Å². The Morgan fingerprint density at radius 3 is 2.50 bits per heavy atom. The predicted molar refractivity (Wildman–Crippen MR) is 83.0 cm³/mol. The van der Waals surface area contributed by atoms with Gasteiger partial charge in [0.1, 0.15) is 11.2 Å². The van der Waals surface area contributed by atoms with Gasteiger partial charge in [-0.3, -0.25) is 4.79 Å². The van der Waals surface area contributed by atoms with Crippen molar-refractivity contribution in [3.63, 3.8) is 0 Å². The molecule has 0 bridgehead atoms. The lowest BCUT2D eigenvalue weighted by molar-refractivity contribution is -0.139. The largest absolute Gasteiger partial charge is 0.464 e. The zero-order chi connectivity index (χ0) is 15.6. The Kier molecular flexibility index (Phi) is 3.88. The molecule has 22 heavy (non-hydrogen) atoms. The summed E-state index contributed by atoms with van der Waals surface area (Å²) in [6.07, 6.45) is 6.47. The van der Waals surface area contributed by atoms with Crippen molar-refractivity contribution in [3.8, 4) is 0 Å². The van der Waals surface area contributed by atoms with E-state index in [1.54, 1.807) is 6.20 Å². The van der Waals surface area contributed by atoms with E-state index < -0.39 is 11.5 Å². The molecule has 1 amide bonds. The van der Waals surface area contributed by atoms with Crippen molar-refractivity contribution in [3.05, 3.63) is 42.2 Å². The molecule has 1 heterocycles. The quantitative estimate of drug-likeness (QED) is 0.852. The number of ether oxygens (including phenoxy) is 1. The first-order valence-electron chi connectivity index (χ1n) is 7.63. The highest BCUT2D eigenvalue weighted by Crippen LogP contribution is 2.39. The van der Waals surface area contributed by atoms with Crippen LogP contribution in [0.3, 0.4) is 0 Å². The number of para-hydroxylation sites is 1. The maximum atomic E-state index is 12.8. The van der Waals surface area contributed by atoms with Crippen LogP contribution in [0.25, 0.3) is 0 Å². The summed E-state index contributed by atoms with van der Waals surface area (Å²) < 4.78 is 4.75. The van der Waals surface area contributed by atoms with Crippen LogP contribution < -0.4 is 10.2 Å². The van der Waals surface area contributed by atoms with Gasteiger partial charge in [0.05, 0.1) is 7.11 Å². The number of hydrogen-bond donors (Lipinski definition) is 1. The second-order valence-electron chi connectivity index (χ2n) is 5.79. The molecule has 0 radical (unpaired) electrons. The van der Waals surface area contributed by atoms with Crippen LogP contribution in [-0.4, -0.2) is 24.5 Å². The van der Waals surface area contributed by atoms with E-state index >= 15 is 0 Å². The van der Waals surface area contributed by atoms with Gasteiger partial charge in [-0.25, -0.2) is 4.79 Å². The third-order valence-corrected chi connectivity index (χ3v) is 4.51. The van der Waals surface area contributed by atoms with Gasteiger partial charge in [0.25, 0.3) is 5.91 Å². The van der Waals surface area contributed by atoms with Crippen molar-refractivity contribution in [1.29, 1.82) is 0 Å². The van der Waals surface area contributed by atoms with Gasteiger partial charge in [-0.15, -0.1) is 0 Å². The number of nitrogens with one attached hydrogen (secondary N) is 1. The SMILES string of the molecule is COC(=O)C1=CN(c2ccccc2)C2(CCCCC2)C(=O)N1. The van der Waals surface area contributed by atoms with Crippen molar-refractivity contribution >= 4 is 17.6 Å². The number of esters is 1. The van der Waals surface area contributed by atoms with Crippen molar-refractivity contribution in [1.82, 2.24) is 5.32 Å². The van der Waals surface area contributed by atoms with Crippen LogP contribution in [0.2, 0.25) is 0 Å². The molecule has 2 aliphatic rings. The van der Waals surface area contributed by atoms with E-state index in [1.165, 1.54) is 7.11 Å². The Balaban J connectivity index is 2.07. The molecule has 1 aromatic carbocycles. The van der Waals surface area contributed by atoms with Crippen molar-refractivity contribution in [2.45, 2.75) is 37.6 Å². The molecule has 0 unspecified atom stereocenters. The molecule has 1 aliphatic carbocycles. The van der Waals surface area contributed by atoms with Crippen molar-refractivity contribution in [2.75, 3.05) is 12.0 Å². The van der Waals surface area contributed by atoms with Gasteiger partial charge in [-0.05, 0) is 25.0 Å². The van der Waals surface area contributed by atoms with Gasteiger partial charge >= 0.3 is 5.97 Å². The molecule has 3 rings (SSSR count). The van der Waals surface area contributed by atoms with Crippen LogP contribution in [0.5, 0.6) is 0 Å². The fraction of sp³-hybridized carbons (Fsp3) is 0.412. The smallest absolute Gasteiger partial charge is 0.356 e. The van der Waals surface area contributed by atoms with Gasteiger partial charge in [0, 0.05) is 11.9 Å². The molecule has 0 atom stereocenters. The second-order valence-corrected chi connectivity index (χ2v) is 5.79. The lowest BCUT2D eigenvalue weighted by Gasteiger charge is -2.47. The molecule has 1 aromatic rings. The number of methoxy groups -OCH3 is 1. The molecule has 1 aliphatic heterocycles. The van der Waals surface area contributed by atoms with E-state index in [0.717, 1.165) is 37.8 Å². The number of nitrogens with zero attached hydrogens (tertiary/aromatic N) is 1. The molecular weight excluding hydrogens is 280 g/mol. The summed E-state index contributed by atoms with van der Waals surface area (Å²) in [7, 11) is 1.31. The average Bonchev–Trinajstić information content (AvgIpc) is 2.58. The lowest BCUT2D eigenvalue weighted by Crippen LogP contribution is -2.62. The number of amides is 1. The molecular formula is C17H20N2O3. The maximum Gasteiger partial charge on any atom is 0.356 e. The third kappa shape index (κ3) is 2.36. The fourth-order valence-corrected chi connectivity index (χ4v) is 3.36. The van der Waals surface area contributed by atoms with Crippen molar-refractivity contribution in [2.24, 2.45) is 0 Å². The van der Waals surface area contributed by atoms with Crippen LogP contribution >= 0.6 is 0 Å². The second kappa shape index (κ2) is 5.83. The average molecular weight is 300 g/mol. The topological polar surface area (TPSA) is 58.6 Å². The number of anilines is 1. The molecule has 5 nitrogen and oxygen atoms in total. The summed E-state index contributed by atoms with van der Waals surface area (Å²) in [5, 5.41) is 2.73. The summed E-state index contributed by atoms with van der Waals surface area (Å²) in [4.78, 5) is 26.6. The van der Waals surface area contributed by atoms with Crippen LogP contribution in [0.4, 0.5) is 5.69 Å². The molecule has 1 spiro atoms. The number of carbonyl (C=O) groups is 2. The van der Waals surface area contributed by atoms with E-state index in [-0.39, 0.29) is 11.6 Å². The molecule has 0 aromatic heterocycles. The first kappa shape index (κ1) is 14.6. The summed E-state index contributed by atoms with van der Waals surface area (Å²) in [5.41, 5.74) is 0.505. The minimum atomic E-state index is -0.600. The van der Waals surface area contributed by atoms with Crippen molar-refractivity contribution < 1.29 is 14.3 Å². The number of carbonyl (C=O) groups excluding carboxylic acids is 2. The van der Waals surface area contributed by atoms with Gasteiger partial charge in [0.2, 0.25) is 0 Å². The van der Waals surface area contributed by atoms with Gasteiger partial charge in [-0.2, -0.15) is 0 Å². The molecule has 5 heteroatoms. The fourth-order valence-electron chi connectivity index (χ4n) is 3.36. The van der Waals surface area contributed by atoms with E-state index in [9.17, 15) is 9.59 Å². The highest BCUT2D eigenvalue weighted by atomic mass is 16.5. The predicted octanol–water partition coefficient (Wildman–Crippen LogP) is 2.34. The molecule has 1 fully saturated rings. The van der Waals surface area contributed by atoms with E-state index in [1.807, 2.05) is 35.2 Å². The number of hydrogen-bond acceptors (Lipinski definition) is 4. The van der Waals surface area contributed by atoms with E-state index in [0.29, 0.717) is 0 Å². The standard InChI is InChI=1S/C17H20N2O3/c1-22-15(20)14-12-19(13-8-4-2-5-9-13)17(16(21)18-14)10-6-3-7-11-17/h2,4-5,8-9,12H,3,6-7,10-11H2,1H3,(H,18,21). The van der Waals surface area contributed by atoms with Crippen LogP contribution in [0.15, 0.2) is 42.2 Å². The summed E-state index contributed by atoms with van der Waals surface area (Å²) in [6, 6.07) is 9.72. The monoisotopic (exact) mass is 300 g/mol. The van der Waals surface area contributed by atoms with Gasteiger partial charge in [-0.1, -0.05) is 37.5 Å². The highest BCUT2D eigenvalue weighted by molar-refractivity contribution is 6.01. The number of rotatable bonds is 2. The van der Waals surface area contributed by atoms with Crippen LogP contribution in [0, 0.1) is 0 Å². The minimum absolute atomic E-state index is 0.112. The summed E-state index contributed by atoms with van der Waals surface area (Å²) in [5.74, 6) is -0.640. The Morgan fingerprint density at radius 2 is 1.86 bits per heavy atom. The summed E-state index contributed by atoms with van der Waals surface area (Å²) >= 11 is 0. The molecule has 1 N–H and O–H groups in total. The van der Waals surface area contributed by atoms with E-state index in [4.69, 9.17) is 4.74 Å². The zero-order valence-corrected chi connectivity index (χ0v) is 12.7. The lowest BCUT2D eigenvalue weighted by atomic mass is 9.78.